The van der Waals surface area contributed by atoms with Crippen LogP contribution in [0, 0.1) is 5.92 Å². The molecule has 26 heavy (non-hydrogen) atoms. The maximum Gasteiger partial charge on any atom is 0.266 e. The van der Waals surface area contributed by atoms with Crippen LogP contribution in [0.3, 0.4) is 0 Å². The van der Waals surface area contributed by atoms with Crippen LogP contribution in [-0.2, 0) is 14.4 Å². The Balaban J connectivity index is 2.40. The van der Waals surface area contributed by atoms with Crippen LogP contribution in [0.15, 0.2) is 35.4 Å². The second kappa shape index (κ2) is 8.66. The molecule has 0 aromatic rings. The van der Waals surface area contributed by atoms with Gasteiger partial charge >= 0.3 is 0 Å². The molecule has 2 rings (SSSR count). The lowest BCUT2D eigenvalue weighted by Gasteiger charge is -2.30. The number of carbonyl (C=O) groups excluding carboxylic acids is 3. The van der Waals surface area contributed by atoms with Gasteiger partial charge in [-0.05, 0) is 37.3 Å². The van der Waals surface area contributed by atoms with E-state index < -0.39 is 17.7 Å². The van der Waals surface area contributed by atoms with Gasteiger partial charge in [0.2, 0.25) is 5.88 Å². The van der Waals surface area contributed by atoms with Gasteiger partial charge in [-0.15, -0.1) is 0 Å². The van der Waals surface area contributed by atoms with Gasteiger partial charge in [-0.2, -0.15) is 0 Å². The molecule has 0 aromatic carbocycles. The first-order valence-corrected chi connectivity index (χ1v) is 8.74. The molecule has 8 nitrogen and oxygen atoms in total. The lowest BCUT2D eigenvalue weighted by Crippen LogP contribution is -2.46. The predicted octanol–water partition coefficient (Wildman–Crippen LogP) is 0.655. The maximum atomic E-state index is 12.5. The zero-order valence-corrected chi connectivity index (χ0v) is 15.3. The van der Waals surface area contributed by atoms with Crippen LogP contribution < -0.4 is 16.1 Å². The van der Waals surface area contributed by atoms with Crippen LogP contribution >= 0.6 is 0 Å². The first-order chi connectivity index (χ1) is 12.3. The fourth-order valence-corrected chi connectivity index (χ4v) is 2.49. The monoisotopic (exact) mass is 362 g/mol. The molecular weight excluding hydrogens is 336 g/mol. The van der Waals surface area contributed by atoms with Crippen LogP contribution in [0.2, 0.25) is 0 Å². The van der Waals surface area contributed by atoms with E-state index in [9.17, 15) is 19.5 Å². The van der Waals surface area contributed by atoms with E-state index in [-0.39, 0.29) is 23.6 Å². The second-order valence-corrected chi connectivity index (χ2v) is 6.91. The number of aliphatic hydroxyl groups is 1. The Morgan fingerprint density at radius 1 is 1.46 bits per heavy atom. The number of carbonyl (C=O) groups is 3. The second-order valence-electron chi connectivity index (χ2n) is 6.91. The zero-order chi connectivity index (χ0) is 19.3. The minimum Gasteiger partial charge on any atom is -0.493 e. The first-order valence-electron chi connectivity index (χ1n) is 8.74. The summed E-state index contributed by atoms with van der Waals surface area (Å²) in [5.74, 6) is -1.57. The number of nitrogens with zero attached hydrogens (tertiary/aromatic N) is 1. The summed E-state index contributed by atoms with van der Waals surface area (Å²) >= 11 is 0. The third kappa shape index (κ3) is 5.19. The molecule has 1 saturated carbocycles. The van der Waals surface area contributed by atoms with Crippen molar-refractivity contribution in [2.24, 2.45) is 5.92 Å². The molecule has 2 aliphatic rings. The predicted molar refractivity (Wildman–Crippen MR) is 96.4 cm³/mol. The summed E-state index contributed by atoms with van der Waals surface area (Å²) < 4.78 is 0. The van der Waals surface area contributed by atoms with Crippen molar-refractivity contribution in [3.05, 3.63) is 35.4 Å². The van der Waals surface area contributed by atoms with Crippen molar-refractivity contribution in [1.82, 2.24) is 21.1 Å². The van der Waals surface area contributed by atoms with E-state index in [1.807, 2.05) is 20.8 Å². The molecule has 0 spiro atoms. The molecule has 1 atom stereocenters. The zero-order valence-electron chi connectivity index (χ0n) is 15.3. The molecule has 0 aromatic heterocycles. The molecule has 1 aliphatic carbocycles. The quantitative estimate of drug-likeness (QED) is 0.314. The Hall–Kier alpha value is -2.61. The van der Waals surface area contributed by atoms with E-state index in [1.165, 1.54) is 17.3 Å². The van der Waals surface area contributed by atoms with Gasteiger partial charge in [0.1, 0.15) is 6.29 Å². The lowest BCUT2D eigenvalue weighted by molar-refractivity contribution is -0.124. The van der Waals surface area contributed by atoms with Crippen LogP contribution in [0.4, 0.5) is 0 Å². The summed E-state index contributed by atoms with van der Waals surface area (Å²) in [6.45, 7) is 6.12. The van der Waals surface area contributed by atoms with E-state index in [2.05, 4.69) is 16.1 Å². The average Bonchev–Trinajstić information content (AvgIpc) is 3.36. The minimum atomic E-state index is -0.706. The number of hydrogen-bond acceptors (Lipinski definition) is 6. The van der Waals surface area contributed by atoms with Gasteiger partial charge in [-0.1, -0.05) is 19.9 Å². The molecule has 2 amide bonds. The van der Waals surface area contributed by atoms with Gasteiger partial charge in [0.05, 0.1) is 0 Å². The number of allylic oxidation sites excluding steroid dienone is 1. The Bertz CT molecular complexity index is 662. The maximum absolute atomic E-state index is 12.5. The smallest absolute Gasteiger partial charge is 0.266 e. The number of hydrazine groups is 1. The highest BCUT2D eigenvalue weighted by atomic mass is 16.3. The molecule has 1 aliphatic heterocycles. The Labute approximate surface area is 153 Å². The third-order valence-electron chi connectivity index (χ3n) is 3.98. The molecule has 0 bridgehead atoms. The summed E-state index contributed by atoms with van der Waals surface area (Å²) in [5, 5.41) is 17.4. The van der Waals surface area contributed by atoms with Crippen LogP contribution in [0.25, 0.3) is 0 Å². The van der Waals surface area contributed by atoms with Crippen LogP contribution in [0.1, 0.15) is 33.6 Å². The van der Waals surface area contributed by atoms with Crippen molar-refractivity contribution in [3.63, 3.8) is 0 Å². The SMILES string of the molecule is CC(C)CN1NC(C)C(/C=C/C=O)=C/NC(=O)C(C(=O)NC2CC2)=C1O. The molecule has 8 heteroatoms. The summed E-state index contributed by atoms with van der Waals surface area (Å²) in [7, 11) is 0. The Morgan fingerprint density at radius 2 is 2.15 bits per heavy atom. The standard InChI is InChI=1S/C18H26N4O4/c1-11(2)10-22-18(26)15(17(25)20-14-6-7-14)16(24)19-9-13(5-4-8-23)12(3)21-22/h4-5,8-9,11-12,14,21,26H,6-7,10H2,1-3H3,(H,19,24)(H,20,25)/b5-4+,13-9+,18-15?. The normalized spacial score (nSPS) is 23.8. The molecule has 4 N–H and O–H groups in total. The summed E-state index contributed by atoms with van der Waals surface area (Å²) in [5.41, 5.74) is 3.37. The van der Waals surface area contributed by atoms with E-state index in [0.717, 1.165) is 12.8 Å². The summed E-state index contributed by atoms with van der Waals surface area (Å²) in [6.07, 6.45) is 6.67. The van der Waals surface area contributed by atoms with Gasteiger partial charge < -0.3 is 15.7 Å². The Kier molecular flexibility index (Phi) is 6.57. The minimum absolute atomic E-state index is 0.0512. The largest absolute Gasteiger partial charge is 0.493 e. The van der Waals surface area contributed by atoms with Gasteiger partial charge in [-0.25, -0.2) is 5.43 Å². The molecule has 1 fully saturated rings. The number of rotatable bonds is 6. The van der Waals surface area contributed by atoms with Gasteiger partial charge in [-0.3, -0.25) is 19.4 Å². The highest BCUT2D eigenvalue weighted by molar-refractivity contribution is 6.19. The summed E-state index contributed by atoms with van der Waals surface area (Å²) in [4.78, 5) is 35.7. The fraction of sp³-hybridized carbons (Fsp3) is 0.500. The van der Waals surface area contributed by atoms with Crippen molar-refractivity contribution in [1.29, 1.82) is 0 Å². The van der Waals surface area contributed by atoms with Crippen LogP contribution in [-0.4, -0.2) is 46.8 Å². The van der Waals surface area contributed by atoms with Crippen LogP contribution in [0.5, 0.6) is 0 Å². The number of hydrogen-bond donors (Lipinski definition) is 4. The van der Waals surface area contributed by atoms with Crippen molar-refractivity contribution in [2.45, 2.75) is 45.7 Å². The number of amides is 2. The summed E-state index contributed by atoms with van der Waals surface area (Å²) in [6, 6.07) is -0.270. The average molecular weight is 362 g/mol. The van der Waals surface area contributed by atoms with Crippen molar-refractivity contribution in [3.8, 4) is 0 Å². The molecule has 1 heterocycles. The highest BCUT2D eigenvalue weighted by Gasteiger charge is 2.32. The van der Waals surface area contributed by atoms with Gasteiger partial charge in [0.15, 0.2) is 5.57 Å². The van der Waals surface area contributed by atoms with Gasteiger partial charge in [0, 0.05) is 24.8 Å². The number of aldehydes is 1. The van der Waals surface area contributed by atoms with E-state index in [0.29, 0.717) is 18.4 Å². The Morgan fingerprint density at radius 3 is 2.73 bits per heavy atom. The van der Waals surface area contributed by atoms with Crippen molar-refractivity contribution >= 4 is 18.1 Å². The topological polar surface area (TPSA) is 111 Å². The number of aliphatic hydroxyl groups excluding tert-OH is 1. The molecule has 0 saturated heterocycles. The first kappa shape index (κ1) is 19.7. The molecule has 0 radical (unpaired) electrons. The lowest BCUT2D eigenvalue weighted by atomic mass is 10.1. The fourth-order valence-electron chi connectivity index (χ4n) is 2.49. The van der Waals surface area contributed by atoms with E-state index in [4.69, 9.17) is 0 Å². The molecule has 142 valence electrons. The van der Waals surface area contributed by atoms with E-state index in [1.54, 1.807) is 6.08 Å². The van der Waals surface area contributed by atoms with Crippen molar-refractivity contribution < 1.29 is 19.5 Å². The molecule has 1 unspecified atom stereocenters. The van der Waals surface area contributed by atoms with E-state index >= 15 is 0 Å². The molecular formula is C18H26N4O4. The number of nitrogens with one attached hydrogen (secondary N) is 3. The highest BCUT2D eigenvalue weighted by Crippen LogP contribution is 2.20. The third-order valence-corrected chi connectivity index (χ3v) is 3.98. The van der Waals surface area contributed by atoms with Crippen molar-refractivity contribution in [2.75, 3.05) is 6.54 Å². The van der Waals surface area contributed by atoms with Gasteiger partial charge in [0.25, 0.3) is 11.8 Å².